The number of amides is 3. The minimum absolute atomic E-state index is 0.196. The molecule has 0 atom stereocenters. The van der Waals surface area contributed by atoms with Gasteiger partial charge in [0, 0.05) is 12.1 Å². The Balaban J connectivity index is 1.68. The molecule has 0 aliphatic carbocycles. The zero-order valence-electron chi connectivity index (χ0n) is 16.4. The van der Waals surface area contributed by atoms with Crippen LogP contribution in [0.15, 0.2) is 65.2 Å². The van der Waals surface area contributed by atoms with E-state index in [9.17, 15) is 14.4 Å². The Labute approximate surface area is 173 Å². The quantitative estimate of drug-likeness (QED) is 0.581. The van der Waals surface area contributed by atoms with Crippen molar-refractivity contribution in [3.8, 4) is 22.8 Å². The number of benzene rings is 2. The van der Waals surface area contributed by atoms with Crippen LogP contribution in [-0.2, 0) is 9.53 Å². The molecule has 3 aromatic rings. The monoisotopic (exact) mass is 407 g/mol. The smallest absolute Gasteiger partial charge is 0.339 e. The lowest BCUT2D eigenvalue weighted by Crippen LogP contribution is -2.41. The van der Waals surface area contributed by atoms with Gasteiger partial charge in [-0.2, -0.15) is 0 Å². The Morgan fingerprint density at radius 1 is 1.03 bits per heavy atom. The summed E-state index contributed by atoms with van der Waals surface area (Å²) < 4.78 is 10.9. The van der Waals surface area contributed by atoms with Crippen molar-refractivity contribution < 1.29 is 23.5 Å². The van der Waals surface area contributed by atoms with Crippen LogP contribution in [0.25, 0.3) is 22.8 Å². The van der Waals surface area contributed by atoms with Crippen molar-refractivity contribution in [1.82, 2.24) is 15.6 Å². The first-order valence-corrected chi connectivity index (χ1v) is 9.44. The highest BCUT2D eigenvalue weighted by atomic mass is 16.5. The van der Waals surface area contributed by atoms with Crippen molar-refractivity contribution >= 4 is 17.9 Å². The number of aromatic nitrogens is 1. The number of nitrogens with zero attached hydrogens (tertiary/aromatic N) is 1. The number of oxazole rings is 1. The number of carbonyl (C=O) groups excluding carboxylic acids is 3. The minimum Gasteiger partial charge on any atom is -0.452 e. The third-order valence-corrected chi connectivity index (χ3v) is 4.06. The first-order chi connectivity index (χ1) is 14.6. The summed E-state index contributed by atoms with van der Waals surface area (Å²) in [7, 11) is 0. The van der Waals surface area contributed by atoms with Crippen LogP contribution in [0.3, 0.4) is 0 Å². The van der Waals surface area contributed by atoms with E-state index in [-0.39, 0.29) is 11.5 Å². The van der Waals surface area contributed by atoms with Crippen molar-refractivity contribution in [2.45, 2.75) is 13.3 Å². The summed E-state index contributed by atoms with van der Waals surface area (Å²) in [6, 6.07) is 15.4. The number of rotatable bonds is 7. The minimum atomic E-state index is -0.728. The maximum absolute atomic E-state index is 12.5. The van der Waals surface area contributed by atoms with Crippen molar-refractivity contribution in [2.24, 2.45) is 0 Å². The molecule has 3 rings (SSSR count). The van der Waals surface area contributed by atoms with Crippen molar-refractivity contribution in [2.75, 3.05) is 13.2 Å². The molecular weight excluding hydrogens is 386 g/mol. The first kappa shape index (κ1) is 20.8. The Bertz CT molecular complexity index is 1030. The van der Waals surface area contributed by atoms with Crippen LogP contribution in [0, 0.1) is 0 Å². The van der Waals surface area contributed by atoms with Gasteiger partial charge in [-0.1, -0.05) is 49.4 Å². The van der Waals surface area contributed by atoms with Gasteiger partial charge in [-0.05, 0) is 18.6 Å². The highest BCUT2D eigenvalue weighted by Crippen LogP contribution is 2.28. The average molecular weight is 407 g/mol. The number of hydrogen-bond donors (Lipinski definition) is 2. The lowest BCUT2D eigenvalue weighted by Gasteiger charge is -2.08. The maximum atomic E-state index is 12.5. The summed E-state index contributed by atoms with van der Waals surface area (Å²) in [5.41, 5.74) is 1.49. The predicted octanol–water partition coefficient (Wildman–Crippen LogP) is 3.40. The van der Waals surface area contributed by atoms with Crippen LogP contribution in [0.5, 0.6) is 0 Å². The van der Waals surface area contributed by atoms with E-state index in [1.165, 1.54) is 0 Å². The second-order valence-corrected chi connectivity index (χ2v) is 6.32. The zero-order valence-corrected chi connectivity index (χ0v) is 16.4. The highest BCUT2D eigenvalue weighted by molar-refractivity contribution is 5.99. The van der Waals surface area contributed by atoms with Crippen molar-refractivity contribution in [3.05, 3.63) is 66.4 Å². The average Bonchev–Trinajstić information content (AvgIpc) is 3.27. The molecule has 1 aromatic heterocycles. The van der Waals surface area contributed by atoms with Crippen LogP contribution in [-0.4, -0.2) is 36.0 Å². The van der Waals surface area contributed by atoms with E-state index >= 15 is 0 Å². The van der Waals surface area contributed by atoms with Gasteiger partial charge in [0.25, 0.3) is 5.91 Å². The third kappa shape index (κ3) is 5.32. The largest absolute Gasteiger partial charge is 0.452 e. The van der Waals surface area contributed by atoms with E-state index in [0.717, 1.165) is 12.0 Å². The summed E-state index contributed by atoms with van der Waals surface area (Å²) in [6.07, 6.45) is 2.31. The molecule has 8 heteroatoms. The fraction of sp³-hybridized carbons (Fsp3) is 0.182. The summed E-state index contributed by atoms with van der Waals surface area (Å²) in [5.74, 6) is -0.637. The van der Waals surface area contributed by atoms with Crippen molar-refractivity contribution in [1.29, 1.82) is 0 Å². The summed E-state index contributed by atoms with van der Waals surface area (Å²) >= 11 is 0. The molecular formula is C22H21N3O5. The highest BCUT2D eigenvalue weighted by Gasteiger charge is 2.19. The molecule has 0 aliphatic rings. The van der Waals surface area contributed by atoms with Gasteiger partial charge < -0.3 is 14.5 Å². The van der Waals surface area contributed by atoms with Gasteiger partial charge in [0.05, 0.1) is 17.3 Å². The molecule has 8 nitrogen and oxygen atoms in total. The Morgan fingerprint density at radius 2 is 1.77 bits per heavy atom. The number of carbonyl (C=O) groups is 3. The first-order valence-electron chi connectivity index (χ1n) is 9.44. The lowest BCUT2D eigenvalue weighted by molar-refractivity contribution is -0.123. The number of hydrogen-bond acceptors (Lipinski definition) is 6. The van der Waals surface area contributed by atoms with E-state index in [2.05, 4.69) is 15.6 Å². The molecule has 0 fully saturated rings. The molecule has 0 radical (unpaired) electrons. The summed E-state index contributed by atoms with van der Waals surface area (Å²) in [6.45, 7) is 1.74. The van der Waals surface area contributed by atoms with Crippen LogP contribution in [0.1, 0.15) is 23.7 Å². The Kier molecular flexibility index (Phi) is 6.94. The predicted molar refractivity (Wildman–Crippen MR) is 109 cm³/mol. The van der Waals surface area contributed by atoms with E-state index < -0.39 is 24.5 Å². The molecule has 30 heavy (non-hydrogen) atoms. The molecule has 0 bridgehead atoms. The summed E-state index contributed by atoms with van der Waals surface area (Å²) in [5, 5.41) is 4.59. The van der Waals surface area contributed by atoms with Crippen molar-refractivity contribution in [3.63, 3.8) is 0 Å². The molecule has 0 unspecified atom stereocenters. The second kappa shape index (κ2) is 10.0. The number of urea groups is 1. The third-order valence-electron chi connectivity index (χ3n) is 4.06. The fourth-order valence-corrected chi connectivity index (χ4v) is 2.64. The zero-order chi connectivity index (χ0) is 21.3. The van der Waals surface area contributed by atoms with Gasteiger partial charge >= 0.3 is 12.0 Å². The molecule has 2 N–H and O–H groups in total. The lowest BCUT2D eigenvalue weighted by atomic mass is 10.1. The van der Waals surface area contributed by atoms with Gasteiger partial charge in [0.1, 0.15) is 0 Å². The van der Waals surface area contributed by atoms with Gasteiger partial charge in [0.15, 0.2) is 12.4 Å². The molecule has 2 aromatic carbocycles. The topological polar surface area (TPSA) is 111 Å². The van der Waals surface area contributed by atoms with Crippen LogP contribution < -0.4 is 10.6 Å². The Morgan fingerprint density at radius 3 is 2.53 bits per heavy atom. The summed E-state index contributed by atoms with van der Waals surface area (Å²) in [4.78, 5) is 40.0. The number of imide groups is 1. The SMILES string of the molecule is CCCNC(=O)NC(=O)COC(=O)c1ccccc1-c1ncc(-c2ccccc2)o1. The molecule has 0 saturated heterocycles. The molecule has 1 heterocycles. The standard InChI is InChI=1S/C22H21N3O5/c1-2-12-23-22(28)25-19(26)14-29-21(27)17-11-7-6-10-16(17)20-24-13-18(30-20)15-8-4-3-5-9-15/h3-11,13H,2,12,14H2,1H3,(H2,23,25,26,28). The Hall–Kier alpha value is -3.94. The second-order valence-electron chi connectivity index (χ2n) is 6.32. The van der Waals surface area contributed by atoms with Crippen LogP contribution >= 0.6 is 0 Å². The maximum Gasteiger partial charge on any atom is 0.339 e. The van der Waals surface area contributed by atoms with E-state index in [4.69, 9.17) is 9.15 Å². The normalized spacial score (nSPS) is 10.3. The number of ether oxygens (including phenoxy) is 1. The van der Waals surface area contributed by atoms with Gasteiger partial charge in [-0.15, -0.1) is 0 Å². The number of nitrogens with one attached hydrogen (secondary N) is 2. The molecule has 0 spiro atoms. The van der Waals surface area contributed by atoms with E-state index in [1.54, 1.807) is 30.5 Å². The molecule has 0 saturated carbocycles. The number of esters is 1. The molecule has 154 valence electrons. The van der Waals surface area contributed by atoms with E-state index in [1.807, 2.05) is 37.3 Å². The van der Waals surface area contributed by atoms with Crippen LogP contribution in [0.2, 0.25) is 0 Å². The van der Waals surface area contributed by atoms with Gasteiger partial charge in [0.2, 0.25) is 5.89 Å². The fourth-order valence-electron chi connectivity index (χ4n) is 2.64. The van der Waals surface area contributed by atoms with Gasteiger partial charge in [-0.25, -0.2) is 14.6 Å². The molecule has 0 aliphatic heterocycles. The van der Waals surface area contributed by atoms with Gasteiger partial charge in [-0.3, -0.25) is 10.1 Å². The van der Waals surface area contributed by atoms with Crippen LogP contribution in [0.4, 0.5) is 4.79 Å². The molecule has 3 amide bonds. The van der Waals surface area contributed by atoms with E-state index in [0.29, 0.717) is 17.9 Å².